The van der Waals surface area contributed by atoms with E-state index < -0.39 is 0 Å². The quantitative estimate of drug-likeness (QED) is 0.719. The molecule has 1 aliphatic rings. The second-order valence-electron chi connectivity index (χ2n) is 7.60. The number of likely N-dealkylation sites (tertiary alicyclic amines) is 1. The summed E-state index contributed by atoms with van der Waals surface area (Å²) in [6.07, 6.45) is 1.90. The highest BCUT2D eigenvalue weighted by atomic mass is 35.5. The minimum absolute atomic E-state index is 0.110. The fraction of sp³-hybridized carbons (Fsp3) is 0.524. The van der Waals surface area contributed by atoms with E-state index in [1.807, 2.05) is 30.4 Å². The van der Waals surface area contributed by atoms with E-state index in [9.17, 15) is 9.18 Å². The van der Waals surface area contributed by atoms with Gasteiger partial charge in [0, 0.05) is 19.0 Å². The predicted octanol–water partition coefficient (Wildman–Crippen LogP) is 4.25. The van der Waals surface area contributed by atoms with Crippen LogP contribution in [0, 0.1) is 31.5 Å². The number of carbonyl (C=O) groups is 1. The van der Waals surface area contributed by atoms with Crippen LogP contribution in [0.3, 0.4) is 0 Å². The van der Waals surface area contributed by atoms with Crippen molar-refractivity contribution in [1.29, 1.82) is 0 Å². The van der Waals surface area contributed by atoms with Crippen LogP contribution in [0.2, 0.25) is 5.02 Å². The molecule has 1 amide bonds. The van der Waals surface area contributed by atoms with Gasteiger partial charge in [0.1, 0.15) is 0 Å². The molecule has 1 aliphatic heterocycles. The Hall–Kier alpha value is -2.08. The van der Waals surface area contributed by atoms with E-state index in [1.165, 1.54) is 6.07 Å². The van der Waals surface area contributed by atoms with Crippen molar-refractivity contribution in [2.75, 3.05) is 19.7 Å². The predicted molar refractivity (Wildman–Crippen MR) is 107 cm³/mol. The molecule has 1 aromatic carbocycles. The molecule has 1 saturated heterocycles. The molecule has 28 heavy (non-hydrogen) atoms. The first-order valence-electron chi connectivity index (χ1n) is 9.72. The van der Waals surface area contributed by atoms with Crippen molar-refractivity contribution in [1.82, 2.24) is 14.7 Å². The van der Waals surface area contributed by atoms with Gasteiger partial charge in [-0.3, -0.25) is 9.48 Å². The lowest BCUT2D eigenvalue weighted by Crippen LogP contribution is -2.44. The number of piperidine rings is 1. The van der Waals surface area contributed by atoms with Crippen LogP contribution in [0.5, 0.6) is 5.75 Å². The van der Waals surface area contributed by atoms with Crippen molar-refractivity contribution < 1.29 is 13.9 Å². The molecule has 152 valence electrons. The summed E-state index contributed by atoms with van der Waals surface area (Å²) >= 11 is 6.21. The largest absolute Gasteiger partial charge is 0.490 e. The highest BCUT2D eigenvalue weighted by Gasteiger charge is 2.28. The molecule has 0 N–H and O–H groups in total. The lowest BCUT2D eigenvalue weighted by molar-refractivity contribution is -0.137. The summed E-state index contributed by atoms with van der Waals surface area (Å²) in [6.45, 7) is 8.00. The third-order valence-electron chi connectivity index (χ3n) is 5.30. The Kier molecular flexibility index (Phi) is 6.60. The molecule has 0 spiro atoms. The lowest BCUT2D eigenvalue weighted by Gasteiger charge is -2.34. The minimum Gasteiger partial charge on any atom is -0.490 e. The van der Waals surface area contributed by atoms with Crippen LogP contribution in [0.25, 0.3) is 0 Å². The maximum atomic E-state index is 13.7. The fourth-order valence-corrected chi connectivity index (χ4v) is 3.81. The smallest absolute Gasteiger partial charge is 0.227 e. The van der Waals surface area contributed by atoms with E-state index in [0.29, 0.717) is 24.7 Å². The standard InChI is InChI=1S/C21H27ClFN3O2/c1-14(11-26-16(3)20(22)15(2)24-26)21(27)25-10-6-7-17(12-25)13-28-19-9-5-4-8-18(19)23/h4-5,8-9,14,17H,6-7,10-13H2,1-3H3/t14-,17-/m0/s1. The Morgan fingerprint density at radius 2 is 2.14 bits per heavy atom. The molecule has 0 unspecified atom stereocenters. The van der Waals surface area contributed by atoms with Crippen molar-refractivity contribution in [3.05, 3.63) is 46.5 Å². The van der Waals surface area contributed by atoms with Crippen molar-refractivity contribution >= 4 is 17.5 Å². The number of amides is 1. The van der Waals surface area contributed by atoms with Crippen LogP contribution in [-0.4, -0.2) is 40.3 Å². The molecular weight excluding hydrogens is 381 g/mol. The van der Waals surface area contributed by atoms with Gasteiger partial charge in [-0.05, 0) is 38.8 Å². The van der Waals surface area contributed by atoms with Crippen molar-refractivity contribution in [3.8, 4) is 5.75 Å². The zero-order chi connectivity index (χ0) is 20.3. The average molecular weight is 408 g/mol. The third-order valence-corrected chi connectivity index (χ3v) is 5.85. The zero-order valence-corrected chi connectivity index (χ0v) is 17.4. The number of hydrogen-bond donors (Lipinski definition) is 0. The summed E-state index contributed by atoms with van der Waals surface area (Å²) in [4.78, 5) is 14.8. The Labute approximate surface area is 170 Å². The van der Waals surface area contributed by atoms with E-state index in [0.717, 1.165) is 30.8 Å². The summed E-state index contributed by atoms with van der Waals surface area (Å²) in [5.74, 6) is 0.0244. The summed E-state index contributed by atoms with van der Waals surface area (Å²) in [5.41, 5.74) is 1.66. The van der Waals surface area contributed by atoms with E-state index in [-0.39, 0.29) is 29.3 Å². The molecule has 0 radical (unpaired) electrons. The minimum atomic E-state index is -0.358. The van der Waals surface area contributed by atoms with Gasteiger partial charge in [-0.2, -0.15) is 5.10 Å². The van der Waals surface area contributed by atoms with Gasteiger partial charge >= 0.3 is 0 Å². The summed E-state index contributed by atoms with van der Waals surface area (Å²) in [7, 11) is 0. The van der Waals surface area contributed by atoms with Gasteiger partial charge in [-0.1, -0.05) is 30.7 Å². The normalized spacial score (nSPS) is 18.2. The van der Waals surface area contributed by atoms with E-state index >= 15 is 0 Å². The number of halogens is 2. The fourth-order valence-electron chi connectivity index (χ4n) is 3.67. The molecule has 5 nitrogen and oxygen atoms in total. The first kappa shape index (κ1) is 20.6. The number of benzene rings is 1. The lowest BCUT2D eigenvalue weighted by atomic mass is 9.97. The Morgan fingerprint density at radius 1 is 1.39 bits per heavy atom. The number of aryl methyl sites for hydroxylation is 1. The second-order valence-corrected chi connectivity index (χ2v) is 7.98. The number of carbonyl (C=O) groups excluding carboxylic acids is 1. The molecule has 2 aromatic rings. The van der Waals surface area contributed by atoms with Gasteiger partial charge in [0.25, 0.3) is 0 Å². The molecule has 0 saturated carbocycles. The first-order valence-corrected chi connectivity index (χ1v) is 10.1. The topological polar surface area (TPSA) is 47.4 Å². The van der Waals surface area contributed by atoms with E-state index in [1.54, 1.807) is 18.2 Å². The van der Waals surface area contributed by atoms with Gasteiger partial charge in [0.2, 0.25) is 5.91 Å². The first-order chi connectivity index (χ1) is 13.4. The number of hydrogen-bond acceptors (Lipinski definition) is 3. The molecule has 0 bridgehead atoms. The van der Waals surface area contributed by atoms with Crippen molar-refractivity contribution in [2.45, 2.75) is 40.2 Å². The monoisotopic (exact) mass is 407 g/mol. The maximum absolute atomic E-state index is 13.7. The van der Waals surface area contributed by atoms with Crippen LogP contribution in [0.15, 0.2) is 24.3 Å². The molecule has 3 rings (SSSR count). The van der Waals surface area contributed by atoms with Crippen molar-refractivity contribution in [2.24, 2.45) is 11.8 Å². The Balaban J connectivity index is 1.56. The van der Waals surface area contributed by atoms with E-state index in [2.05, 4.69) is 5.10 Å². The van der Waals surface area contributed by atoms with Gasteiger partial charge < -0.3 is 9.64 Å². The van der Waals surface area contributed by atoms with Gasteiger partial charge in [0.05, 0.1) is 35.5 Å². The highest BCUT2D eigenvalue weighted by Crippen LogP contribution is 2.23. The molecule has 0 aliphatic carbocycles. The van der Waals surface area contributed by atoms with Crippen molar-refractivity contribution in [3.63, 3.8) is 0 Å². The van der Waals surface area contributed by atoms with Crippen LogP contribution < -0.4 is 4.74 Å². The third kappa shape index (κ3) is 4.66. The van der Waals surface area contributed by atoms with Crippen LogP contribution in [0.1, 0.15) is 31.2 Å². The van der Waals surface area contributed by atoms with Crippen LogP contribution in [0.4, 0.5) is 4.39 Å². The summed E-state index contributed by atoms with van der Waals surface area (Å²) in [5, 5.41) is 5.08. The molecule has 7 heteroatoms. The van der Waals surface area contributed by atoms with Crippen LogP contribution in [-0.2, 0) is 11.3 Å². The number of nitrogens with zero attached hydrogens (tertiary/aromatic N) is 3. The molecule has 1 fully saturated rings. The molecule has 1 aromatic heterocycles. The number of rotatable bonds is 6. The Bertz CT molecular complexity index is 839. The Morgan fingerprint density at radius 3 is 2.82 bits per heavy atom. The zero-order valence-electron chi connectivity index (χ0n) is 16.6. The maximum Gasteiger partial charge on any atom is 0.227 e. The number of ether oxygens (including phenoxy) is 1. The average Bonchev–Trinajstić information content (AvgIpc) is 2.93. The second kappa shape index (κ2) is 8.95. The SMILES string of the molecule is Cc1nn(C[C@H](C)C(=O)N2CCC[C@H](COc3ccccc3F)C2)c(C)c1Cl. The molecular formula is C21H27ClFN3O2. The van der Waals surface area contributed by atoms with Gasteiger partial charge in [-0.15, -0.1) is 0 Å². The van der Waals surface area contributed by atoms with Gasteiger partial charge in [0.15, 0.2) is 11.6 Å². The van der Waals surface area contributed by atoms with Gasteiger partial charge in [-0.25, -0.2) is 4.39 Å². The van der Waals surface area contributed by atoms with E-state index in [4.69, 9.17) is 16.3 Å². The van der Waals surface area contributed by atoms with Crippen LogP contribution >= 0.6 is 11.6 Å². The molecule has 2 atom stereocenters. The summed E-state index contributed by atoms with van der Waals surface area (Å²) < 4.78 is 21.2. The number of aromatic nitrogens is 2. The summed E-state index contributed by atoms with van der Waals surface area (Å²) in [6, 6.07) is 6.41. The number of para-hydroxylation sites is 1. The highest BCUT2D eigenvalue weighted by molar-refractivity contribution is 6.31. The molecule has 2 heterocycles.